The molecule has 0 bridgehead atoms. The largest absolute Gasteiger partial charge is 0.379 e. The van der Waals surface area contributed by atoms with Crippen LogP contribution in [-0.4, -0.2) is 49.2 Å². The SMILES string of the molecule is CCCCCCCC(C)(C)NC(=O)CCN1CCOCC1. The molecule has 1 N–H and O–H groups in total. The van der Waals surface area contributed by atoms with Crippen molar-refractivity contribution in [2.45, 2.75) is 71.3 Å². The first-order valence-electron chi connectivity index (χ1n) is 8.64. The first-order valence-corrected chi connectivity index (χ1v) is 8.64. The summed E-state index contributed by atoms with van der Waals surface area (Å²) in [7, 11) is 0. The highest BCUT2D eigenvalue weighted by Gasteiger charge is 2.20. The summed E-state index contributed by atoms with van der Waals surface area (Å²) < 4.78 is 5.32. The fraction of sp³-hybridized carbons (Fsp3) is 0.941. The van der Waals surface area contributed by atoms with Gasteiger partial charge in [-0.15, -0.1) is 0 Å². The van der Waals surface area contributed by atoms with Crippen LogP contribution in [0.2, 0.25) is 0 Å². The van der Waals surface area contributed by atoms with Crippen molar-refractivity contribution < 1.29 is 9.53 Å². The molecule has 1 saturated heterocycles. The lowest BCUT2D eigenvalue weighted by Gasteiger charge is -2.29. The number of morpholine rings is 1. The number of nitrogens with zero attached hydrogens (tertiary/aromatic N) is 1. The van der Waals surface area contributed by atoms with Crippen molar-refractivity contribution in [2.24, 2.45) is 0 Å². The van der Waals surface area contributed by atoms with E-state index in [1.165, 1.54) is 32.1 Å². The second kappa shape index (κ2) is 10.2. The third-order valence-electron chi connectivity index (χ3n) is 4.14. The molecule has 4 nitrogen and oxygen atoms in total. The van der Waals surface area contributed by atoms with Gasteiger partial charge in [0.25, 0.3) is 0 Å². The van der Waals surface area contributed by atoms with Gasteiger partial charge in [-0.3, -0.25) is 9.69 Å². The average molecular weight is 298 g/mol. The van der Waals surface area contributed by atoms with E-state index in [0.29, 0.717) is 6.42 Å². The van der Waals surface area contributed by atoms with Gasteiger partial charge in [-0.05, 0) is 20.3 Å². The van der Waals surface area contributed by atoms with Crippen LogP contribution in [-0.2, 0) is 9.53 Å². The first-order chi connectivity index (χ1) is 10.0. The van der Waals surface area contributed by atoms with Crippen molar-refractivity contribution in [1.29, 1.82) is 0 Å². The summed E-state index contributed by atoms with van der Waals surface area (Å²) in [5.41, 5.74) is -0.0751. The lowest BCUT2D eigenvalue weighted by atomic mass is 9.96. The molecule has 0 aromatic rings. The second-order valence-corrected chi connectivity index (χ2v) is 6.80. The zero-order valence-corrected chi connectivity index (χ0v) is 14.2. The summed E-state index contributed by atoms with van der Waals surface area (Å²) in [5, 5.41) is 3.19. The molecule has 21 heavy (non-hydrogen) atoms. The van der Waals surface area contributed by atoms with Gasteiger partial charge in [-0.25, -0.2) is 0 Å². The molecule has 0 atom stereocenters. The Bertz CT molecular complexity index is 287. The maximum absolute atomic E-state index is 12.1. The Morgan fingerprint density at radius 1 is 1.14 bits per heavy atom. The molecule has 0 aliphatic carbocycles. The van der Waals surface area contributed by atoms with Crippen molar-refractivity contribution >= 4 is 5.91 Å². The second-order valence-electron chi connectivity index (χ2n) is 6.80. The molecule has 0 unspecified atom stereocenters. The van der Waals surface area contributed by atoms with Gasteiger partial charge in [-0.2, -0.15) is 0 Å². The molecule has 0 aromatic heterocycles. The number of rotatable bonds is 10. The van der Waals surface area contributed by atoms with Crippen molar-refractivity contribution in [3.05, 3.63) is 0 Å². The number of carbonyl (C=O) groups is 1. The Morgan fingerprint density at radius 2 is 1.81 bits per heavy atom. The first kappa shape index (κ1) is 18.4. The molecule has 1 heterocycles. The zero-order valence-electron chi connectivity index (χ0n) is 14.2. The molecular weight excluding hydrogens is 264 g/mol. The van der Waals surface area contributed by atoms with Gasteiger partial charge in [0.15, 0.2) is 0 Å². The van der Waals surface area contributed by atoms with Gasteiger partial charge in [-0.1, -0.05) is 39.0 Å². The maximum Gasteiger partial charge on any atom is 0.221 e. The number of hydrogen-bond acceptors (Lipinski definition) is 3. The molecule has 0 saturated carbocycles. The van der Waals surface area contributed by atoms with Crippen LogP contribution in [0.15, 0.2) is 0 Å². The van der Waals surface area contributed by atoms with Gasteiger partial charge in [0, 0.05) is 31.6 Å². The molecule has 0 aromatic carbocycles. The number of nitrogens with one attached hydrogen (secondary N) is 1. The third kappa shape index (κ3) is 9.10. The smallest absolute Gasteiger partial charge is 0.221 e. The van der Waals surface area contributed by atoms with Crippen molar-refractivity contribution in [1.82, 2.24) is 10.2 Å². The van der Waals surface area contributed by atoms with Crippen LogP contribution in [0.25, 0.3) is 0 Å². The predicted octanol–water partition coefficient (Wildman–Crippen LogP) is 2.96. The Morgan fingerprint density at radius 3 is 2.48 bits per heavy atom. The normalized spacial score (nSPS) is 16.9. The van der Waals surface area contributed by atoms with Gasteiger partial charge < -0.3 is 10.1 Å². The molecule has 4 heteroatoms. The molecule has 1 aliphatic heterocycles. The van der Waals surface area contributed by atoms with Gasteiger partial charge in [0.2, 0.25) is 5.91 Å². The Balaban J connectivity index is 2.12. The predicted molar refractivity (Wildman–Crippen MR) is 87.5 cm³/mol. The average Bonchev–Trinajstić information content (AvgIpc) is 2.45. The molecule has 1 fully saturated rings. The quantitative estimate of drug-likeness (QED) is 0.630. The van der Waals surface area contributed by atoms with E-state index in [-0.39, 0.29) is 11.4 Å². The third-order valence-corrected chi connectivity index (χ3v) is 4.14. The summed E-state index contributed by atoms with van der Waals surface area (Å²) in [5.74, 6) is 0.181. The van der Waals surface area contributed by atoms with Crippen LogP contribution in [0.5, 0.6) is 0 Å². The highest BCUT2D eigenvalue weighted by Crippen LogP contribution is 2.15. The highest BCUT2D eigenvalue weighted by atomic mass is 16.5. The van der Waals surface area contributed by atoms with Crippen LogP contribution in [0.1, 0.15) is 65.7 Å². The minimum atomic E-state index is -0.0751. The van der Waals surface area contributed by atoms with E-state index in [9.17, 15) is 4.79 Å². The van der Waals surface area contributed by atoms with E-state index in [1.54, 1.807) is 0 Å². The summed E-state index contributed by atoms with van der Waals surface area (Å²) in [6.07, 6.45) is 8.07. The lowest BCUT2D eigenvalue weighted by Crippen LogP contribution is -2.45. The molecule has 124 valence electrons. The van der Waals surface area contributed by atoms with Crippen molar-refractivity contribution in [3.8, 4) is 0 Å². The lowest BCUT2D eigenvalue weighted by molar-refractivity contribution is -0.123. The Kier molecular flexibility index (Phi) is 8.93. The van der Waals surface area contributed by atoms with Gasteiger partial charge >= 0.3 is 0 Å². The van der Waals surface area contributed by atoms with Gasteiger partial charge in [0.05, 0.1) is 13.2 Å². The summed E-state index contributed by atoms with van der Waals surface area (Å²) in [4.78, 5) is 14.4. The standard InChI is InChI=1S/C17H34N2O2/c1-4-5-6-7-8-10-17(2,3)18-16(20)9-11-19-12-14-21-15-13-19/h4-15H2,1-3H3,(H,18,20). The van der Waals surface area contributed by atoms with E-state index in [4.69, 9.17) is 4.74 Å². The molecule has 1 amide bonds. The van der Waals surface area contributed by atoms with Crippen LogP contribution in [0, 0.1) is 0 Å². The van der Waals surface area contributed by atoms with Crippen LogP contribution < -0.4 is 5.32 Å². The maximum atomic E-state index is 12.1. The number of amides is 1. The van der Waals surface area contributed by atoms with Crippen LogP contribution in [0.3, 0.4) is 0 Å². The summed E-state index contributed by atoms with van der Waals surface area (Å²) in [6.45, 7) is 10.9. The number of ether oxygens (including phenoxy) is 1. The molecule has 1 rings (SSSR count). The van der Waals surface area contributed by atoms with Crippen LogP contribution in [0.4, 0.5) is 0 Å². The van der Waals surface area contributed by atoms with E-state index in [0.717, 1.165) is 39.3 Å². The molecule has 1 aliphatic rings. The zero-order chi connectivity index (χ0) is 15.6. The molecular formula is C17H34N2O2. The van der Waals surface area contributed by atoms with Crippen molar-refractivity contribution in [2.75, 3.05) is 32.8 Å². The minimum absolute atomic E-state index is 0.0751. The number of unbranched alkanes of at least 4 members (excludes halogenated alkanes) is 4. The fourth-order valence-electron chi connectivity index (χ4n) is 2.76. The molecule has 0 spiro atoms. The van der Waals surface area contributed by atoms with E-state index in [2.05, 4.69) is 31.0 Å². The Hall–Kier alpha value is -0.610. The highest BCUT2D eigenvalue weighted by molar-refractivity contribution is 5.76. The van der Waals surface area contributed by atoms with Crippen LogP contribution >= 0.6 is 0 Å². The number of hydrogen-bond donors (Lipinski definition) is 1. The van der Waals surface area contributed by atoms with E-state index < -0.39 is 0 Å². The summed E-state index contributed by atoms with van der Waals surface area (Å²) >= 11 is 0. The molecule has 0 radical (unpaired) electrons. The fourth-order valence-corrected chi connectivity index (χ4v) is 2.76. The Labute approximate surface area is 130 Å². The summed E-state index contributed by atoms with van der Waals surface area (Å²) in [6, 6.07) is 0. The van der Waals surface area contributed by atoms with E-state index in [1.807, 2.05) is 0 Å². The van der Waals surface area contributed by atoms with Gasteiger partial charge in [0.1, 0.15) is 0 Å². The minimum Gasteiger partial charge on any atom is -0.379 e. The topological polar surface area (TPSA) is 41.6 Å². The number of carbonyl (C=O) groups excluding carboxylic acids is 1. The van der Waals surface area contributed by atoms with E-state index >= 15 is 0 Å². The van der Waals surface area contributed by atoms with Crippen molar-refractivity contribution in [3.63, 3.8) is 0 Å². The monoisotopic (exact) mass is 298 g/mol.